The van der Waals surface area contributed by atoms with Crippen LogP contribution in [0.4, 0.5) is 5.69 Å². The fourth-order valence-corrected chi connectivity index (χ4v) is 2.56. The van der Waals surface area contributed by atoms with E-state index in [1.54, 1.807) is 0 Å². The van der Waals surface area contributed by atoms with Crippen LogP contribution in [-0.2, 0) is 0 Å². The minimum atomic E-state index is 0.171. The molecule has 102 valence electrons. The van der Waals surface area contributed by atoms with Crippen molar-refractivity contribution in [3.63, 3.8) is 0 Å². The molecule has 2 aromatic carbocycles. The molecule has 2 rings (SSSR count). The maximum Gasteiger partial charge on any atom is 0.102 e. The van der Waals surface area contributed by atoms with Crippen molar-refractivity contribution in [2.24, 2.45) is 0 Å². The van der Waals surface area contributed by atoms with Gasteiger partial charge in [0.15, 0.2) is 0 Å². The summed E-state index contributed by atoms with van der Waals surface area (Å²) in [5.74, 6) is 0. The number of benzene rings is 2. The van der Waals surface area contributed by atoms with Crippen LogP contribution in [0.5, 0.6) is 0 Å². The van der Waals surface area contributed by atoms with Gasteiger partial charge in [-0.25, -0.2) is 0 Å². The molecule has 0 saturated carbocycles. The summed E-state index contributed by atoms with van der Waals surface area (Å²) in [6.45, 7) is 8.32. The third kappa shape index (κ3) is 2.83. The predicted molar refractivity (Wildman–Crippen MR) is 83.8 cm³/mol. The standard InChI is InChI=1S/C18H20N2/c1-12-8-9-16(14(3)10-12)15(4)20-18-7-5-6-13(2)17(18)11-19/h5-10,15,20H,1-4H3. The minimum absolute atomic E-state index is 0.171. The van der Waals surface area contributed by atoms with Crippen LogP contribution in [0.25, 0.3) is 0 Å². The van der Waals surface area contributed by atoms with Gasteiger partial charge in [-0.2, -0.15) is 5.26 Å². The van der Waals surface area contributed by atoms with Crippen molar-refractivity contribution >= 4 is 5.69 Å². The van der Waals surface area contributed by atoms with Crippen LogP contribution in [0.3, 0.4) is 0 Å². The Labute approximate surface area is 121 Å². The van der Waals surface area contributed by atoms with E-state index in [4.69, 9.17) is 0 Å². The third-order valence-corrected chi connectivity index (χ3v) is 3.65. The van der Waals surface area contributed by atoms with Crippen LogP contribution in [0.15, 0.2) is 36.4 Å². The first-order valence-corrected chi connectivity index (χ1v) is 6.86. The Hall–Kier alpha value is -2.27. The van der Waals surface area contributed by atoms with Gasteiger partial charge in [0, 0.05) is 6.04 Å². The van der Waals surface area contributed by atoms with Gasteiger partial charge in [0.1, 0.15) is 6.07 Å². The number of rotatable bonds is 3. The average Bonchev–Trinajstić information content (AvgIpc) is 2.38. The summed E-state index contributed by atoms with van der Waals surface area (Å²) >= 11 is 0. The van der Waals surface area contributed by atoms with Crippen molar-refractivity contribution < 1.29 is 0 Å². The molecular formula is C18H20N2. The van der Waals surface area contributed by atoms with Crippen LogP contribution in [-0.4, -0.2) is 0 Å². The number of hydrogen-bond donors (Lipinski definition) is 1. The number of aryl methyl sites for hydroxylation is 3. The van der Waals surface area contributed by atoms with E-state index in [0.29, 0.717) is 0 Å². The SMILES string of the molecule is Cc1ccc(C(C)Nc2cccc(C)c2C#N)c(C)c1. The molecule has 0 radical (unpaired) electrons. The zero-order chi connectivity index (χ0) is 14.7. The van der Waals surface area contributed by atoms with Gasteiger partial charge < -0.3 is 5.32 Å². The molecule has 0 bridgehead atoms. The largest absolute Gasteiger partial charge is 0.377 e. The van der Waals surface area contributed by atoms with Crippen LogP contribution in [0, 0.1) is 32.1 Å². The van der Waals surface area contributed by atoms with E-state index < -0.39 is 0 Å². The summed E-state index contributed by atoms with van der Waals surface area (Å²) in [5, 5.41) is 12.7. The molecule has 0 aliphatic heterocycles. The first kappa shape index (κ1) is 14.1. The fourth-order valence-electron chi connectivity index (χ4n) is 2.56. The van der Waals surface area contributed by atoms with E-state index in [9.17, 15) is 5.26 Å². The Balaban J connectivity index is 2.31. The quantitative estimate of drug-likeness (QED) is 0.875. The highest BCUT2D eigenvalue weighted by Gasteiger charge is 2.11. The van der Waals surface area contributed by atoms with Gasteiger partial charge in [0.25, 0.3) is 0 Å². The minimum Gasteiger partial charge on any atom is -0.377 e. The predicted octanol–water partition coefficient (Wildman–Crippen LogP) is 4.66. The second-order valence-electron chi connectivity index (χ2n) is 5.34. The Morgan fingerprint density at radius 3 is 2.45 bits per heavy atom. The van der Waals surface area contributed by atoms with Gasteiger partial charge in [0.2, 0.25) is 0 Å². The first-order valence-electron chi connectivity index (χ1n) is 6.86. The molecule has 1 N–H and O–H groups in total. The Morgan fingerprint density at radius 1 is 1.05 bits per heavy atom. The van der Waals surface area contributed by atoms with Gasteiger partial charge in [0.05, 0.1) is 11.3 Å². The average molecular weight is 264 g/mol. The molecule has 0 aromatic heterocycles. The van der Waals surface area contributed by atoms with Crippen molar-refractivity contribution in [3.05, 3.63) is 64.2 Å². The molecule has 20 heavy (non-hydrogen) atoms. The lowest BCUT2D eigenvalue weighted by Crippen LogP contribution is -2.09. The van der Waals surface area contributed by atoms with Gasteiger partial charge in [-0.1, -0.05) is 35.9 Å². The summed E-state index contributed by atoms with van der Waals surface area (Å²) in [5.41, 5.74) is 6.44. The highest BCUT2D eigenvalue weighted by molar-refractivity contribution is 5.61. The molecule has 0 amide bonds. The highest BCUT2D eigenvalue weighted by Crippen LogP contribution is 2.26. The monoisotopic (exact) mass is 264 g/mol. The first-order chi connectivity index (χ1) is 9.52. The molecule has 0 fully saturated rings. The number of hydrogen-bond acceptors (Lipinski definition) is 2. The second kappa shape index (κ2) is 5.79. The van der Waals surface area contributed by atoms with E-state index in [0.717, 1.165) is 16.8 Å². The summed E-state index contributed by atoms with van der Waals surface area (Å²) in [7, 11) is 0. The summed E-state index contributed by atoms with van der Waals surface area (Å²) in [4.78, 5) is 0. The maximum absolute atomic E-state index is 9.28. The van der Waals surface area contributed by atoms with Crippen molar-refractivity contribution in [1.29, 1.82) is 5.26 Å². The van der Waals surface area contributed by atoms with Crippen molar-refractivity contribution in [1.82, 2.24) is 0 Å². The molecule has 0 aliphatic carbocycles. The van der Waals surface area contributed by atoms with Gasteiger partial charge in [-0.15, -0.1) is 0 Å². The number of nitriles is 1. The Bertz CT molecular complexity index is 666. The van der Waals surface area contributed by atoms with Crippen molar-refractivity contribution in [2.45, 2.75) is 33.7 Å². The number of anilines is 1. The molecule has 0 aliphatic rings. The van der Waals surface area contributed by atoms with Gasteiger partial charge in [-0.05, 0) is 50.5 Å². The second-order valence-corrected chi connectivity index (χ2v) is 5.34. The molecule has 2 aromatic rings. The summed E-state index contributed by atoms with van der Waals surface area (Å²) < 4.78 is 0. The van der Waals surface area contributed by atoms with E-state index >= 15 is 0 Å². The lowest BCUT2D eigenvalue weighted by Gasteiger charge is -2.19. The van der Waals surface area contributed by atoms with E-state index in [1.165, 1.54) is 16.7 Å². The van der Waals surface area contributed by atoms with Crippen LogP contribution < -0.4 is 5.32 Å². The highest BCUT2D eigenvalue weighted by atomic mass is 14.9. The lowest BCUT2D eigenvalue weighted by atomic mass is 9.99. The Kier molecular flexibility index (Phi) is 4.10. The van der Waals surface area contributed by atoms with Crippen LogP contribution >= 0.6 is 0 Å². The molecule has 0 heterocycles. The van der Waals surface area contributed by atoms with Gasteiger partial charge in [-0.3, -0.25) is 0 Å². The molecule has 0 spiro atoms. The Morgan fingerprint density at radius 2 is 1.80 bits per heavy atom. The summed E-state index contributed by atoms with van der Waals surface area (Å²) in [6, 6.07) is 14.8. The maximum atomic E-state index is 9.28. The van der Waals surface area contributed by atoms with E-state index in [2.05, 4.69) is 50.4 Å². The van der Waals surface area contributed by atoms with Crippen LogP contribution in [0.2, 0.25) is 0 Å². The normalized spacial score (nSPS) is 11.8. The summed E-state index contributed by atoms with van der Waals surface area (Å²) in [6.07, 6.45) is 0. The molecule has 2 nitrogen and oxygen atoms in total. The zero-order valence-electron chi connectivity index (χ0n) is 12.5. The number of nitrogens with one attached hydrogen (secondary N) is 1. The molecule has 1 unspecified atom stereocenters. The fraction of sp³-hybridized carbons (Fsp3) is 0.278. The number of nitrogens with zero attached hydrogens (tertiary/aromatic N) is 1. The lowest BCUT2D eigenvalue weighted by molar-refractivity contribution is 0.872. The molecule has 1 atom stereocenters. The van der Waals surface area contributed by atoms with Gasteiger partial charge >= 0.3 is 0 Å². The third-order valence-electron chi connectivity index (χ3n) is 3.65. The zero-order valence-corrected chi connectivity index (χ0v) is 12.5. The van der Waals surface area contributed by atoms with E-state index in [-0.39, 0.29) is 6.04 Å². The van der Waals surface area contributed by atoms with Crippen molar-refractivity contribution in [2.75, 3.05) is 5.32 Å². The molecule has 2 heteroatoms. The van der Waals surface area contributed by atoms with Crippen LogP contribution in [0.1, 0.15) is 40.8 Å². The smallest absolute Gasteiger partial charge is 0.102 e. The molecular weight excluding hydrogens is 244 g/mol. The van der Waals surface area contributed by atoms with Crippen molar-refractivity contribution in [3.8, 4) is 6.07 Å². The topological polar surface area (TPSA) is 35.8 Å². The molecule has 0 saturated heterocycles. The van der Waals surface area contributed by atoms with E-state index in [1.807, 2.05) is 25.1 Å².